The maximum absolute atomic E-state index is 11.4. The van der Waals surface area contributed by atoms with Crippen LogP contribution in [-0.2, 0) is 9.05 Å². The molecular formula is C10H10ClNO5S. The molecule has 0 radical (unpaired) electrons. The summed E-state index contributed by atoms with van der Waals surface area (Å²) in [6.07, 6.45) is 1.42. The van der Waals surface area contributed by atoms with E-state index in [9.17, 15) is 18.5 Å². The Balaban J connectivity index is 3.50. The highest BCUT2D eigenvalue weighted by Gasteiger charge is 2.23. The summed E-state index contributed by atoms with van der Waals surface area (Å²) in [4.78, 5) is 9.55. The SMILES string of the molecule is C=CCOc1c(C)cc([N+](=O)[O-])cc1S(=O)(=O)Cl. The summed E-state index contributed by atoms with van der Waals surface area (Å²) >= 11 is 0. The van der Waals surface area contributed by atoms with E-state index >= 15 is 0 Å². The summed E-state index contributed by atoms with van der Waals surface area (Å²) in [6.45, 7) is 4.99. The maximum atomic E-state index is 11.4. The van der Waals surface area contributed by atoms with Crippen molar-refractivity contribution >= 4 is 25.4 Å². The fourth-order valence-corrected chi connectivity index (χ4v) is 2.38. The average Bonchev–Trinajstić information content (AvgIpc) is 2.25. The number of benzene rings is 1. The van der Waals surface area contributed by atoms with E-state index in [1.54, 1.807) is 0 Å². The number of hydrogen-bond donors (Lipinski definition) is 0. The Morgan fingerprint density at radius 1 is 1.56 bits per heavy atom. The van der Waals surface area contributed by atoms with Gasteiger partial charge in [0, 0.05) is 22.8 Å². The van der Waals surface area contributed by atoms with Crippen molar-refractivity contribution in [3.63, 3.8) is 0 Å². The Morgan fingerprint density at radius 3 is 2.61 bits per heavy atom. The maximum Gasteiger partial charge on any atom is 0.271 e. The van der Waals surface area contributed by atoms with Crippen LogP contribution in [0.4, 0.5) is 5.69 Å². The second kappa shape index (κ2) is 5.36. The van der Waals surface area contributed by atoms with E-state index < -0.39 is 18.9 Å². The molecule has 0 aliphatic carbocycles. The molecule has 0 fully saturated rings. The molecule has 0 saturated carbocycles. The van der Waals surface area contributed by atoms with Crippen LogP contribution in [0.2, 0.25) is 0 Å². The van der Waals surface area contributed by atoms with Crippen molar-refractivity contribution in [1.82, 2.24) is 0 Å². The zero-order valence-corrected chi connectivity index (χ0v) is 11.0. The molecule has 0 aliphatic heterocycles. The van der Waals surface area contributed by atoms with Gasteiger partial charge < -0.3 is 4.74 Å². The quantitative estimate of drug-likeness (QED) is 0.360. The minimum Gasteiger partial charge on any atom is -0.488 e. The van der Waals surface area contributed by atoms with Gasteiger partial charge in [0.1, 0.15) is 17.3 Å². The van der Waals surface area contributed by atoms with Gasteiger partial charge >= 0.3 is 0 Å². The van der Waals surface area contributed by atoms with Crippen LogP contribution in [0.5, 0.6) is 5.75 Å². The van der Waals surface area contributed by atoms with Gasteiger partial charge in [-0.15, -0.1) is 0 Å². The first-order valence-corrected chi connectivity index (χ1v) is 7.05. The number of rotatable bonds is 5. The molecule has 0 heterocycles. The van der Waals surface area contributed by atoms with Crippen molar-refractivity contribution < 1.29 is 18.1 Å². The van der Waals surface area contributed by atoms with Crippen molar-refractivity contribution in [2.24, 2.45) is 0 Å². The molecule has 8 heteroatoms. The van der Waals surface area contributed by atoms with Crippen LogP contribution in [0.15, 0.2) is 29.7 Å². The fourth-order valence-electron chi connectivity index (χ4n) is 1.34. The lowest BCUT2D eigenvalue weighted by molar-refractivity contribution is -0.385. The van der Waals surface area contributed by atoms with Crippen LogP contribution < -0.4 is 4.74 Å². The third kappa shape index (κ3) is 3.21. The van der Waals surface area contributed by atoms with Crippen molar-refractivity contribution in [3.05, 3.63) is 40.5 Å². The summed E-state index contributed by atoms with van der Waals surface area (Å²) in [5.74, 6) is -0.00417. The van der Waals surface area contributed by atoms with Gasteiger partial charge in [-0.05, 0) is 12.5 Å². The molecule has 0 amide bonds. The minimum absolute atomic E-state index is 0.00417. The number of ether oxygens (including phenoxy) is 1. The normalized spacial score (nSPS) is 11.0. The summed E-state index contributed by atoms with van der Waals surface area (Å²) in [5, 5.41) is 10.7. The molecule has 0 aromatic heterocycles. The Morgan fingerprint density at radius 2 is 2.17 bits per heavy atom. The largest absolute Gasteiger partial charge is 0.488 e. The highest BCUT2D eigenvalue weighted by Crippen LogP contribution is 2.34. The van der Waals surface area contributed by atoms with Crippen LogP contribution in [0.1, 0.15) is 5.56 Å². The van der Waals surface area contributed by atoms with Crippen molar-refractivity contribution in [2.75, 3.05) is 6.61 Å². The topological polar surface area (TPSA) is 86.5 Å². The zero-order valence-electron chi connectivity index (χ0n) is 9.42. The minimum atomic E-state index is -4.13. The number of hydrogen-bond acceptors (Lipinski definition) is 5. The van der Waals surface area contributed by atoms with E-state index in [1.807, 2.05) is 0 Å². The molecule has 0 bridgehead atoms. The highest BCUT2D eigenvalue weighted by molar-refractivity contribution is 8.13. The number of aryl methyl sites for hydroxylation is 1. The molecule has 0 N–H and O–H groups in total. The fraction of sp³-hybridized carbons (Fsp3) is 0.200. The van der Waals surface area contributed by atoms with Gasteiger partial charge in [-0.3, -0.25) is 10.1 Å². The number of nitro groups is 1. The first-order valence-electron chi connectivity index (χ1n) is 4.74. The summed E-state index contributed by atoms with van der Waals surface area (Å²) in [7, 11) is 1.10. The Bertz CT molecular complexity index is 597. The van der Waals surface area contributed by atoms with E-state index in [-0.39, 0.29) is 18.0 Å². The lowest BCUT2D eigenvalue weighted by atomic mass is 10.2. The van der Waals surface area contributed by atoms with E-state index in [1.165, 1.54) is 19.1 Å². The molecule has 98 valence electrons. The molecule has 1 rings (SSSR count). The molecule has 0 unspecified atom stereocenters. The Labute approximate surface area is 108 Å². The third-order valence-corrected chi connectivity index (χ3v) is 3.37. The molecule has 0 atom stereocenters. The number of halogens is 1. The van der Waals surface area contributed by atoms with E-state index in [0.717, 1.165) is 6.07 Å². The average molecular weight is 292 g/mol. The number of nitro benzene ring substituents is 1. The first kappa shape index (κ1) is 14.5. The Hall–Kier alpha value is -1.60. The molecule has 1 aromatic rings. The number of nitrogens with zero attached hydrogens (tertiary/aromatic N) is 1. The monoisotopic (exact) mass is 291 g/mol. The Kier molecular flexibility index (Phi) is 4.31. The predicted octanol–water partition coefficient (Wildman–Crippen LogP) is 2.40. The van der Waals surface area contributed by atoms with Gasteiger partial charge in [-0.1, -0.05) is 12.7 Å². The van der Waals surface area contributed by atoms with E-state index in [0.29, 0.717) is 5.56 Å². The van der Waals surface area contributed by atoms with Gasteiger partial charge in [-0.25, -0.2) is 8.42 Å². The van der Waals surface area contributed by atoms with Gasteiger partial charge in [0.25, 0.3) is 14.7 Å². The van der Waals surface area contributed by atoms with Gasteiger partial charge in [-0.2, -0.15) is 0 Å². The molecule has 6 nitrogen and oxygen atoms in total. The van der Waals surface area contributed by atoms with Crippen molar-refractivity contribution in [2.45, 2.75) is 11.8 Å². The summed E-state index contributed by atoms with van der Waals surface area (Å²) in [6, 6.07) is 2.08. The van der Waals surface area contributed by atoms with Gasteiger partial charge in [0.05, 0.1) is 4.92 Å². The van der Waals surface area contributed by atoms with Crippen LogP contribution in [0.3, 0.4) is 0 Å². The van der Waals surface area contributed by atoms with Crippen molar-refractivity contribution in [1.29, 1.82) is 0 Å². The molecule has 0 spiro atoms. The van der Waals surface area contributed by atoms with Crippen LogP contribution in [-0.4, -0.2) is 19.9 Å². The lowest BCUT2D eigenvalue weighted by Gasteiger charge is -2.10. The summed E-state index contributed by atoms with van der Waals surface area (Å²) < 4.78 is 27.9. The first-order chi connectivity index (χ1) is 8.27. The number of non-ortho nitro benzene ring substituents is 1. The molecular weight excluding hydrogens is 282 g/mol. The van der Waals surface area contributed by atoms with E-state index in [2.05, 4.69) is 6.58 Å². The molecule has 0 aliphatic rings. The molecule has 0 saturated heterocycles. The lowest BCUT2D eigenvalue weighted by Crippen LogP contribution is -2.03. The van der Waals surface area contributed by atoms with Crippen LogP contribution in [0, 0.1) is 17.0 Å². The van der Waals surface area contributed by atoms with Crippen LogP contribution in [0.25, 0.3) is 0 Å². The second-order valence-corrected chi connectivity index (χ2v) is 5.92. The smallest absolute Gasteiger partial charge is 0.271 e. The van der Waals surface area contributed by atoms with E-state index in [4.69, 9.17) is 15.4 Å². The standard InChI is InChI=1S/C10H10ClNO5S/c1-3-4-17-10-7(2)5-8(12(13)14)6-9(10)18(11,15)16/h3,5-6H,1,4H2,2H3. The predicted molar refractivity (Wildman–Crippen MR) is 66.6 cm³/mol. The summed E-state index contributed by atoms with van der Waals surface area (Å²) in [5.41, 5.74) is -0.0528. The van der Waals surface area contributed by atoms with Crippen molar-refractivity contribution in [3.8, 4) is 5.75 Å². The highest BCUT2D eigenvalue weighted by atomic mass is 35.7. The molecule has 1 aromatic carbocycles. The third-order valence-electron chi connectivity index (χ3n) is 2.04. The zero-order chi connectivity index (χ0) is 13.9. The van der Waals surface area contributed by atoms with Crippen LogP contribution >= 0.6 is 10.7 Å². The second-order valence-electron chi connectivity index (χ2n) is 3.38. The molecule has 18 heavy (non-hydrogen) atoms. The van der Waals surface area contributed by atoms with Gasteiger partial charge in [0.15, 0.2) is 0 Å². The van der Waals surface area contributed by atoms with Gasteiger partial charge in [0.2, 0.25) is 0 Å².